The second-order valence-corrected chi connectivity index (χ2v) is 6.30. The number of amides is 1. The third kappa shape index (κ3) is 3.39. The molecule has 4 rings (SSSR count). The molecule has 0 atom stereocenters. The van der Waals surface area contributed by atoms with E-state index in [2.05, 4.69) is 15.6 Å². The number of hydrogen-bond acceptors (Lipinski definition) is 4. The van der Waals surface area contributed by atoms with Crippen LogP contribution in [0.3, 0.4) is 0 Å². The molecule has 27 heavy (non-hydrogen) atoms. The molecule has 0 saturated carbocycles. The first-order chi connectivity index (χ1) is 13.0. The van der Waals surface area contributed by atoms with Crippen molar-refractivity contribution in [3.8, 4) is 11.1 Å². The van der Waals surface area contributed by atoms with Gasteiger partial charge in [0.2, 0.25) is 0 Å². The minimum atomic E-state index is -0.938. The zero-order chi connectivity index (χ0) is 19.0. The lowest BCUT2D eigenvalue weighted by Gasteiger charge is -2.13. The lowest BCUT2D eigenvalue weighted by atomic mass is 10.0. The Labute approximate surface area is 154 Å². The Kier molecular flexibility index (Phi) is 4.33. The number of nitrogens with zero attached hydrogens (tertiary/aromatic N) is 2. The lowest BCUT2D eigenvalue weighted by molar-refractivity contribution is 0.102. The summed E-state index contributed by atoms with van der Waals surface area (Å²) in [5, 5.41) is 5.94. The van der Waals surface area contributed by atoms with E-state index in [1.165, 1.54) is 6.07 Å². The van der Waals surface area contributed by atoms with Gasteiger partial charge < -0.3 is 20.9 Å². The van der Waals surface area contributed by atoms with Gasteiger partial charge in [0, 0.05) is 19.3 Å². The van der Waals surface area contributed by atoms with Gasteiger partial charge in [0.1, 0.15) is 11.5 Å². The van der Waals surface area contributed by atoms with Gasteiger partial charge in [0.15, 0.2) is 11.6 Å². The van der Waals surface area contributed by atoms with Crippen molar-refractivity contribution in [2.45, 2.75) is 13.1 Å². The Hall–Kier alpha value is -3.26. The highest BCUT2D eigenvalue weighted by atomic mass is 19.2. The number of nitrogens with two attached hydrogens (primary N) is 1. The van der Waals surface area contributed by atoms with E-state index >= 15 is 0 Å². The predicted octanol–water partition coefficient (Wildman–Crippen LogP) is 2.77. The molecule has 0 radical (unpaired) electrons. The van der Waals surface area contributed by atoms with Crippen molar-refractivity contribution in [3.63, 3.8) is 0 Å². The molecule has 0 spiro atoms. The molecular formula is C19H17F2N5O. The van der Waals surface area contributed by atoms with Crippen molar-refractivity contribution < 1.29 is 13.6 Å². The molecule has 1 aliphatic rings. The summed E-state index contributed by atoms with van der Waals surface area (Å²) in [7, 11) is 0. The maximum absolute atomic E-state index is 13.5. The zero-order valence-corrected chi connectivity index (χ0v) is 14.3. The number of rotatable bonds is 3. The number of carbonyl (C=O) groups is 1. The van der Waals surface area contributed by atoms with Crippen LogP contribution < -0.4 is 16.4 Å². The van der Waals surface area contributed by atoms with Crippen molar-refractivity contribution in [3.05, 3.63) is 65.7 Å². The van der Waals surface area contributed by atoms with Crippen molar-refractivity contribution >= 4 is 17.3 Å². The molecule has 0 fully saturated rings. The van der Waals surface area contributed by atoms with Crippen LogP contribution in [0.1, 0.15) is 16.3 Å². The summed E-state index contributed by atoms with van der Waals surface area (Å²) >= 11 is 0. The predicted molar refractivity (Wildman–Crippen MR) is 98.1 cm³/mol. The number of fused-ring (bicyclic) bond motifs is 1. The molecule has 6 nitrogen and oxygen atoms in total. The van der Waals surface area contributed by atoms with E-state index in [0.29, 0.717) is 34.7 Å². The smallest absolute Gasteiger partial charge is 0.275 e. The molecule has 2 aromatic carbocycles. The van der Waals surface area contributed by atoms with Crippen LogP contribution in [0.25, 0.3) is 11.1 Å². The molecule has 2 heterocycles. The number of anilines is 2. The Morgan fingerprint density at radius 1 is 1.15 bits per heavy atom. The van der Waals surface area contributed by atoms with Crippen LogP contribution in [-0.4, -0.2) is 22.0 Å². The molecule has 0 saturated heterocycles. The summed E-state index contributed by atoms with van der Waals surface area (Å²) in [6.45, 7) is 2.19. The number of halogens is 2. The number of nitrogen functional groups attached to an aromatic ring is 1. The number of carbonyl (C=O) groups excluding carboxylic acids is 1. The molecule has 1 amide bonds. The second-order valence-electron chi connectivity index (χ2n) is 6.30. The monoisotopic (exact) mass is 369 g/mol. The first kappa shape index (κ1) is 17.2. The van der Waals surface area contributed by atoms with E-state index < -0.39 is 11.6 Å². The molecular weight excluding hydrogens is 352 g/mol. The molecule has 0 unspecified atom stereocenters. The van der Waals surface area contributed by atoms with Crippen LogP contribution in [0, 0.1) is 11.6 Å². The van der Waals surface area contributed by atoms with Gasteiger partial charge in [-0.25, -0.2) is 13.8 Å². The Balaban J connectivity index is 1.60. The van der Waals surface area contributed by atoms with Crippen LogP contribution in [0.2, 0.25) is 0 Å². The Bertz CT molecular complexity index is 1010. The lowest BCUT2D eigenvalue weighted by Crippen LogP contribution is -2.27. The first-order valence-corrected chi connectivity index (χ1v) is 8.44. The summed E-state index contributed by atoms with van der Waals surface area (Å²) in [6.07, 6.45) is 1.71. The van der Waals surface area contributed by atoms with E-state index in [4.69, 9.17) is 5.73 Å². The van der Waals surface area contributed by atoms with Crippen LogP contribution in [0.15, 0.2) is 42.6 Å². The SMILES string of the molecule is Nc1ccc(-c2ccc(F)c(F)c2)cc1NC(=O)c1cn2c(n1)CNCC2. The number of imidazole rings is 1. The summed E-state index contributed by atoms with van der Waals surface area (Å²) in [5.74, 6) is -1.44. The summed E-state index contributed by atoms with van der Waals surface area (Å²) in [4.78, 5) is 16.9. The Morgan fingerprint density at radius 3 is 2.70 bits per heavy atom. The molecule has 3 aromatic rings. The Morgan fingerprint density at radius 2 is 1.93 bits per heavy atom. The van der Waals surface area contributed by atoms with Crippen LogP contribution >= 0.6 is 0 Å². The van der Waals surface area contributed by atoms with Gasteiger partial charge in [-0.05, 0) is 35.4 Å². The first-order valence-electron chi connectivity index (χ1n) is 8.44. The van der Waals surface area contributed by atoms with Gasteiger partial charge in [-0.3, -0.25) is 4.79 Å². The number of benzene rings is 2. The molecule has 138 valence electrons. The second kappa shape index (κ2) is 6.81. The highest BCUT2D eigenvalue weighted by Gasteiger charge is 2.17. The minimum absolute atomic E-state index is 0.298. The fraction of sp³-hybridized carbons (Fsp3) is 0.158. The van der Waals surface area contributed by atoms with E-state index in [1.807, 2.05) is 4.57 Å². The maximum Gasteiger partial charge on any atom is 0.275 e. The zero-order valence-electron chi connectivity index (χ0n) is 14.3. The molecule has 1 aliphatic heterocycles. The molecule has 0 aliphatic carbocycles. The van der Waals surface area contributed by atoms with E-state index in [1.54, 1.807) is 24.4 Å². The topological polar surface area (TPSA) is 85.0 Å². The fourth-order valence-corrected chi connectivity index (χ4v) is 3.00. The molecule has 8 heteroatoms. The summed E-state index contributed by atoms with van der Waals surface area (Å²) in [5.41, 5.74) is 8.08. The number of hydrogen-bond donors (Lipinski definition) is 3. The van der Waals surface area contributed by atoms with Crippen molar-refractivity contribution in [1.82, 2.24) is 14.9 Å². The van der Waals surface area contributed by atoms with Gasteiger partial charge in [-0.15, -0.1) is 0 Å². The van der Waals surface area contributed by atoms with Crippen molar-refractivity contribution in [1.29, 1.82) is 0 Å². The quantitative estimate of drug-likeness (QED) is 0.620. The standard InChI is InChI=1S/C19H17F2N5O/c20-13-3-1-11(7-14(13)21)12-2-4-15(22)16(8-12)25-19(27)17-10-26-6-5-23-9-18(26)24-17/h1-4,7-8,10,23H,5-6,9,22H2,(H,25,27). The third-order valence-corrected chi connectivity index (χ3v) is 4.46. The van der Waals surface area contributed by atoms with Crippen molar-refractivity contribution in [2.24, 2.45) is 0 Å². The van der Waals surface area contributed by atoms with Gasteiger partial charge in [-0.2, -0.15) is 0 Å². The van der Waals surface area contributed by atoms with E-state index in [0.717, 1.165) is 31.0 Å². The highest BCUT2D eigenvalue weighted by Crippen LogP contribution is 2.28. The van der Waals surface area contributed by atoms with Crippen LogP contribution in [0.5, 0.6) is 0 Å². The van der Waals surface area contributed by atoms with Gasteiger partial charge >= 0.3 is 0 Å². The van der Waals surface area contributed by atoms with Crippen LogP contribution in [0.4, 0.5) is 20.2 Å². The van der Waals surface area contributed by atoms with Gasteiger partial charge in [-0.1, -0.05) is 12.1 Å². The van der Waals surface area contributed by atoms with E-state index in [9.17, 15) is 13.6 Å². The largest absolute Gasteiger partial charge is 0.397 e. The van der Waals surface area contributed by atoms with E-state index in [-0.39, 0.29) is 5.91 Å². The summed E-state index contributed by atoms with van der Waals surface area (Å²) in [6, 6.07) is 8.53. The molecule has 0 bridgehead atoms. The molecule has 4 N–H and O–H groups in total. The molecule has 1 aromatic heterocycles. The van der Waals surface area contributed by atoms with Crippen molar-refractivity contribution in [2.75, 3.05) is 17.6 Å². The average Bonchev–Trinajstić information content (AvgIpc) is 3.10. The number of aromatic nitrogens is 2. The highest BCUT2D eigenvalue weighted by molar-refractivity contribution is 6.04. The van der Waals surface area contributed by atoms with Gasteiger partial charge in [0.05, 0.1) is 17.9 Å². The summed E-state index contributed by atoms with van der Waals surface area (Å²) < 4.78 is 28.6. The normalized spacial score (nSPS) is 13.3. The van der Waals surface area contributed by atoms with Gasteiger partial charge in [0.25, 0.3) is 5.91 Å². The fourth-order valence-electron chi connectivity index (χ4n) is 3.00. The average molecular weight is 369 g/mol. The van der Waals surface area contributed by atoms with Crippen LogP contribution in [-0.2, 0) is 13.1 Å². The minimum Gasteiger partial charge on any atom is -0.397 e. The maximum atomic E-state index is 13.5. The third-order valence-electron chi connectivity index (χ3n) is 4.46. The number of nitrogens with one attached hydrogen (secondary N) is 2.